The monoisotopic (exact) mass is 462 g/mol. The molecule has 4 rings (SSSR count). The second kappa shape index (κ2) is 8.49. The van der Waals surface area contributed by atoms with Gasteiger partial charge in [-0.1, -0.05) is 36.2 Å². The molecule has 2 unspecified atom stereocenters. The molecule has 0 saturated heterocycles. The van der Waals surface area contributed by atoms with Crippen molar-refractivity contribution in [2.45, 2.75) is 39.2 Å². The molecule has 2 atom stereocenters. The number of amides is 1. The number of nitrogens with one attached hydrogen (secondary N) is 1. The van der Waals surface area contributed by atoms with Crippen LogP contribution in [0, 0.1) is 5.92 Å². The number of benzene rings is 1. The number of thiophene rings is 1. The van der Waals surface area contributed by atoms with Crippen molar-refractivity contribution in [1.82, 2.24) is 15.0 Å². The van der Waals surface area contributed by atoms with Gasteiger partial charge in [-0.15, -0.1) is 11.3 Å². The van der Waals surface area contributed by atoms with Gasteiger partial charge in [-0.3, -0.25) is 14.2 Å². The van der Waals surface area contributed by atoms with Crippen LogP contribution in [-0.2, 0) is 17.6 Å². The van der Waals surface area contributed by atoms with Gasteiger partial charge in [0.25, 0.3) is 11.5 Å². The van der Waals surface area contributed by atoms with E-state index in [2.05, 4.69) is 22.4 Å². The zero-order valence-electron chi connectivity index (χ0n) is 16.5. The van der Waals surface area contributed by atoms with E-state index in [0.29, 0.717) is 26.9 Å². The Hall–Kier alpha value is -2.22. The van der Waals surface area contributed by atoms with Crippen LogP contribution in [0.5, 0.6) is 0 Å². The standard InChI is InChI=1S/C21H20Cl2N4O2S/c1-11-3-6-15-17(7-11)30-20-18(15)21(29)27(10-24-20)12(2)19(28)26-25-9-13-4-5-14(22)8-16(13)23/h4-5,8-12H,3,6-7H2,1-2H3,(H,26,28)/b25-9-. The van der Waals surface area contributed by atoms with Gasteiger partial charge in [0.05, 0.1) is 23.0 Å². The van der Waals surface area contributed by atoms with Crippen molar-refractivity contribution in [2.24, 2.45) is 11.0 Å². The van der Waals surface area contributed by atoms with Gasteiger partial charge in [-0.05, 0) is 49.8 Å². The number of carbonyl (C=O) groups is 1. The van der Waals surface area contributed by atoms with Crippen molar-refractivity contribution in [3.63, 3.8) is 0 Å². The zero-order valence-corrected chi connectivity index (χ0v) is 18.8. The lowest BCUT2D eigenvalue weighted by Crippen LogP contribution is -2.34. The van der Waals surface area contributed by atoms with Crippen LogP contribution in [-0.4, -0.2) is 21.7 Å². The number of hydrogen-bond donors (Lipinski definition) is 1. The van der Waals surface area contributed by atoms with E-state index in [1.165, 1.54) is 22.0 Å². The lowest BCUT2D eigenvalue weighted by Gasteiger charge is -2.18. The van der Waals surface area contributed by atoms with E-state index in [4.69, 9.17) is 23.2 Å². The summed E-state index contributed by atoms with van der Waals surface area (Å²) in [4.78, 5) is 32.2. The average molecular weight is 463 g/mol. The molecule has 2 heterocycles. The van der Waals surface area contributed by atoms with Crippen molar-refractivity contribution in [2.75, 3.05) is 0 Å². The quantitative estimate of drug-likeness (QED) is 0.454. The largest absolute Gasteiger partial charge is 0.286 e. The Morgan fingerprint density at radius 2 is 2.23 bits per heavy atom. The Bertz CT molecular complexity index is 1220. The number of nitrogens with zero attached hydrogens (tertiary/aromatic N) is 3. The van der Waals surface area contributed by atoms with Crippen LogP contribution in [0.2, 0.25) is 10.0 Å². The van der Waals surface area contributed by atoms with E-state index in [9.17, 15) is 9.59 Å². The molecule has 0 aliphatic heterocycles. The van der Waals surface area contributed by atoms with Crippen molar-refractivity contribution < 1.29 is 4.79 Å². The molecule has 1 aliphatic carbocycles. The Kier molecular flexibility index (Phi) is 5.95. The molecule has 1 aliphatic rings. The third-order valence-electron chi connectivity index (χ3n) is 5.38. The molecule has 1 amide bonds. The molecule has 0 radical (unpaired) electrons. The Morgan fingerprint density at radius 1 is 1.43 bits per heavy atom. The van der Waals surface area contributed by atoms with Crippen LogP contribution in [0.15, 0.2) is 34.4 Å². The van der Waals surface area contributed by atoms with Crippen LogP contribution in [0.4, 0.5) is 0 Å². The van der Waals surface area contributed by atoms with Gasteiger partial charge in [0, 0.05) is 15.5 Å². The van der Waals surface area contributed by atoms with Gasteiger partial charge in [0.1, 0.15) is 10.9 Å². The van der Waals surface area contributed by atoms with Crippen molar-refractivity contribution in [3.05, 3.63) is 60.9 Å². The summed E-state index contributed by atoms with van der Waals surface area (Å²) in [6.07, 6.45) is 5.80. The predicted octanol–water partition coefficient (Wildman–Crippen LogP) is 4.60. The van der Waals surface area contributed by atoms with Crippen LogP contribution >= 0.6 is 34.5 Å². The first kappa shape index (κ1) is 21.0. The summed E-state index contributed by atoms with van der Waals surface area (Å²) < 4.78 is 1.37. The van der Waals surface area contributed by atoms with Gasteiger partial charge in [0.2, 0.25) is 0 Å². The first-order chi connectivity index (χ1) is 14.3. The number of aryl methyl sites for hydroxylation is 1. The first-order valence-electron chi connectivity index (χ1n) is 9.64. The summed E-state index contributed by atoms with van der Waals surface area (Å²) in [7, 11) is 0. The first-order valence-corrected chi connectivity index (χ1v) is 11.2. The van der Waals surface area contributed by atoms with Gasteiger partial charge < -0.3 is 0 Å². The fourth-order valence-corrected chi connectivity index (χ4v) is 5.41. The summed E-state index contributed by atoms with van der Waals surface area (Å²) in [5.41, 5.74) is 4.00. The number of carbonyl (C=O) groups excluding carboxylic acids is 1. The second-order valence-electron chi connectivity index (χ2n) is 7.56. The van der Waals surface area contributed by atoms with E-state index >= 15 is 0 Å². The van der Waals surface area contributed by atoms with Gasteiger partial charge >= 0.3 is 0 Å². The number of fused-ring (bicyclic) bond motifs is 3. The molecule has 1 N–H and O–H groups in total. The Morgan fingerprint density at radius 3 is 3.00 bits per heavy atom. The average Bonchev–Trinajstić information content (AvgIpc) is 3.07. The normalized spacial score (nSPS) is 17.3. The molecular weight excluding hydrogens is 443 g/mol. The van der Waals surface area contributed by atoms with Gasteiger partial charge in [-0.25, -0.2) is 10.4 Å². The van der Waals surface area contributed by atoms with Crippen molar-refractivity contribution >= 4 is 56.9 Å². The molecule has 0 spiro atoms. The molecular formula is C21H20Cl2N4O2S. The summed E-state index contributed by atoms with van der Waals surface area (Å²) >= 11 is 13.6. The minimum atomic E-state index is -0.759. The van der Waals surface area contributed by atoms with Crippen LogP contribution in [0.3, 0.4) is 0 Å². The molecule has 1 aromatic carbocycles. The van der Waals surface area contributed by atoms with Crippen LogP contribution in [0.25, 0.3) is 10.2 Å². The maximum absolute atomic E-state index is 13.1. The lowest BCUT2D eigenvalue weighted by molar-refractivity contribution is -0.123. The SMILES string of the molecule is CC1CCc2c(sc3ncn(C(C)C(=O)N/N=C\c4ccc(Cl)cc4Cl)c(=O)c23)C1. The maximum Gasteiger partial charge on any atom is 0.263 e. The molecule has 2 aromatic heterocycles. The van der Waals surface area contributed by atoms with Crippen LogP contribution in [0.1, 0.15) is 42.3 Å². The highest BCUT2D eigenvalue weighted by Gasteiger charge is 2.25. The van der Waals surface area contributed by atoms with Crippen molar-refractivity contribution in [3.8, 4) is 0 Å². The summed E-state index contributed by atoms with van der Waals surface area (Å²) in [5.74, 6) is 0.196. The van der Waals surface area contributed by atoms with Crippen LogP contribution < -0.4 is 11.0 Å². The summed E-state index contributed by atoms with van der Waals surface area (Å²) in [5, 5.41) is 5.55. The summed E-state index contributed by atoms with van der Waals surface area (Å²) in [6, 6.07) is 4.22. The molecule has 0 bridgehead atoms. The van der Waals surface area contributed by atoms with E-state index in [1.54, 1.807) is 36.5 Å². The number of rotatable bonds is 4. The molecule has 0 fully saturated rings. The Labute approximate surface area is 187 Å². The van der Waals surface area contributed by atoms with E-state index in [1.807, 2.05) is 0 Å². The maximum atomic E-state index is 13.1. The number of aromatic nitrogens is 2. The third kappa shape index (κ3) is 4.02. The minimum absolute atomic E-state index is 0.181. The number of hydrazone groups is 1. The molecule has 156 valence electrons. The van der Waals surface area contributed by atoms with Gasteiger partial charge in [0.15, 0.2) is 0 Å². The molecule has 9 heteroatoms. The predicted molar refractivity (Wildman–Crippen MR) is 122 cm³/mol. The molecule has 3 aromatic rings. The zero-order chi connectivity index (χ0) is 21.4. The van der Waals surface area contributed by atoms with Gasteiger partial charge in [-0.2, -0.15) is 5.10 Å². The van der Waals surface area contributed by atoms with E-state index in [0.717, 1.165) is 29.7 Å². The highest BCUT2D eigenvalue weighted by Crippen LogP contribution is 2.35. The molecule has 6 nitrogen and oxygen atoms in total. The fraction of sp³-hybridized carbons (Fsp3) is 0.333. The number of halogens is 2. The summed E-state index contributed by atoms with van der Waals surface area (Å²) in [6.45, 7) is 3.87. The lowest BCUT2D eigenvalue weighted by atomic mass is 9.89. The van der Waals surface area contributed by atoms with E-state index < -0.39 is 11.9 Å². The topological polar surface area (TPSA) is 76.3 Å². The smallest absolute Gasteiger partial charge is 0.263 e. The highest BCUT2D eigenvalue weighted by molar-refractivity contribution is 7.18. The molecule has 0 saturated carbocycles. The molecule has 30 heavy (non-hydrogen) atoms. The highest BCUT2D eigenvalue weighted by atomic mass is 35.5. The number of hydrogen-bond acceptors (Lipinski definition) is 5. The van der Waals surface area contributed by atoms with Crippen molar-refractivity contribution in [1.29, 1.82) is 0 Å². The third-order valence-corrected chi connectivity index (χ3v) is 7.10. The minimum Gasteiger partial charge on any atom is -0.286 e. The Balaban J connectivity index is 1.56. The fourth-order valence-electron chi connectivity index (χ4n) is 3.61. The van der Waals surface area contributed by atoms with E-state index in [-0.39, 0.29) is 5.56 Å². The second-order valence-corrected chi connectivity index (χ2v) is 9.49.